The van der Waals surface area contributed by atoms with Crippen LogP contribution in [0.5, 0.6) is 5.75 Å². The Morgan fingerprint density at radius 1 is 1.23 bits per heavy atom. The van der Waals surface area contributed by atoms with Crippen molar-refractivity contribution in [2.75, 3.05) is 25.1 Å². The summed E-state index contributed by atoms with van der Waals surface area (Å²) < 4.78 is 5.41. The van der Waals surface area contributed by atoms with Crippen molar-refractivity contribution in [2.45, 2.75) is 19.4 Å². The second kappa shape index (κ2) is 6.32. The van der Waals surface area contributed by atoms with Crippen molar-refractivity contribution in [3.05, 3.63) is 47.9 Å². The van der Waals surface area contributed by atoms with Crippen LogP contribution < -0.4 is 9.64 Å². The van der Waals surface area contributed by atoms with Crippen LogP contribution in [0.2, 0.25) is 0 Å². The normalized spacial score (nSPS) is 21.1. The molecule has 0 saturated carbocycles. The van der Waals surface area contributed by atoms with Crippen LogP contribution in [0.4, 0.5) is 5.82 Å². The second-order valence-electron chi connectivity index (χ2n) is 5.77. The maximum atomic E-state index is 10.4. The maximum Gasteiger partial charge on any atom is 0.171 e. The lowest BCUT2D eigenvalue weighted by atomic mass is 9.97. The SMILES string of the molecule is COc1ccc(C)nc1N1C[C@@H](Cc2ccncc2)[C@H](O)C1. The minimum atomic E-state index is -0.361. The predicted molar refractivity (Wildman–Crippen MR) is 85.2 cm³/mol. The molecule has 1 fully saturated rings. The molecule has 0 aromatic carbocycles. The second-order valence-corrected chi connectivity index (χ2v) is 5.77. The minimum Gasteiger partial charge on any atom is -0.493 e. The molecule has 0 radical (unpaired) electrons. The molecule has 5 nitrogen and oxygen atoms in total. The molecular weight excluding hydrogens is 278 g/mol. The van der Waals surface area contributed by atoms with E-state index in [1.807, 2.05) is 31.2 Å². The Morgan fingerprint density at radius 2 is 2.00 bits per heavy atom. The van der Waals surface area contributed by atoms with Crippen molar-refractivity contribution in [3.8, 4) is 5.75 Å². The zero-order valence-electron chi connectivity index (χ0n) is 12.9. The largest absolute Gasteiger partial charge is 0.493 e. The van der Waals surface area contributed by atoms with Crippen molar-refractivity contribution in [3.63, 3.8) is 0 Å². The van der Waals surface area contributed by atoms with Crippen molar-refractivity contribution < 1.29 is 9.84 Å². The number of rotatable bonds is 4. The quantitative estimate of drug-likeness (QED) is 0.933. The van der Waals surface area contributed by atoms with E-state index >= 15 is 0 Å². The highest BCUT2D eigenvalue weighted by atomic mass is 16.5. The number of aliphatic hydroxyl groups excluding tert-OH is 1. The number of aryl methyl sites for hydroxylation is 1. The highest BCUT2D eigenvalue weighted by Gasteiger charge is 2.33. The summed E-state index contributed by atoms with van der Waals surface area (Å²) in [6.07, 6.45) is 4.06. The molecule has 5 heteroatoms. The summed E-state index contributed by atoms with van der Waals surface area (Å²) >= 11 is 0. The van der Waals surface area contributed by atoms with Crippen molar-refractivity contribution in [1.29, 1.82) is 0 Å². The molecule has 0 unspecified atom stereocenters. The molecule has 1 aliphatic rings. The molecule has 116 valence electrons. The van der Waals surface area contributed by atoms with E-state index in [1.54, 1.807) is 19.5 Å². The molecule has 0 bridgehead atoms. The first-order valence-corrected chi connectivity index (χ1v) is 7.51. The molecule has 0 spiro atoms. The van der Waals surface area contributed by atoms with Gasteiger partial charge in [0.15, 0.2) is 11.6 Å². The first-order chi connectivity index (χ1) is 10.7. The number of aliphatic hydroxyl groups is 1. The lowest BCUT2D eigenvalue weighted by Crippen LogP contribution is -2.23. The molecule has 22 heavy (non-hydrogen) atoms. The van der Waals surface area contributed by atoms with Crippen LogP contribution in [0.25, 0.3) is 0 Å². The number of hydrogen-bond donors (Lipinski definition) is 1. The van der Waals surface area contributed by atoms with Gasteiger partial charge in [0, 0.05) is 37.1 Å². The zero-order chi connectivity index (χ0) is 15.5. The van der Waals surface area contributed by atoms with Gasteiger partial charge in [-0.2, -0.15) is 0 Å². The number of ether oxygens (including phenoxy) is 1. The summed E-state index contributed by atoms with van der Waals surface area (Å²) in [4.78, 5) is 10.7. The Morgan fingerprint density at radius 3 is 2.73 bits per heavy atom. The lowest BCUT2D eigenvalue weighted by Gasteiger charge is -2.20. The van der Waals surface area contributed by atoms with Gasteiger partial charge in [0.05, 0.1) is 13.2 Å². The van der Waals surface area contributed by atoms with E-state index in [0.29, 0.717) is 6.54 Å². The predicted octanol–water partition coefficient (Wildman–Crippen LogP) is 1.83. The van der Waals surface area contributed by atoms with Crippen LogP contribution in [0.3, 0.4) is 0 Å². The number of β-amino-alcohol motifs (C(OH)–C–C–N with tert-alkyl or cyclic N) is 1. The molecule has 3 heterocycles. The van der Waals surface area contributed by atoms with Gasteiger partial charge >= 0.3 is 0 Å². The summed E-state index contributed by atoms with van der Waals surface area (Å²) in [6, 6.07) is 7.87. The number of hydrogen-bond acceptors (Lipinski definition) is 5. The number of pyridine rings is 2. The smallest absolute Gasteiger partial charge is 0.171 e. The molecule has 0 amide bonds. The minimum absolute atomic E-state index is 0.189. The summed E-state index contributed by atoms with van der Waals surface area (Å²) in [5.74, 6) is 1.76. The maximum absolute atomic E-state index is 10.4. The van der Waals surface area contributed by atoms with E-state index in [-0.39, 0.29) is 12.0 Å². The van der Waals surface area contributed by atoms with Gasteiger partial charge in [-0.1, -0.05) is 0 Å². The Balaban J connectivity index is 1.77. The third-order valence-electron chi connectivity index (χ3n) is 4.15. The van der Waals surface area contributed by atoms with E-state index in [0.717, 1.165) is 30.2 Å². The van der Waals surface area contributed by atoms with Crippen molar-refractivity contribution in [1.82, 2.24) is 9.97 Å². The summed E-state index contributed by atoms with van der Waals surface area (Å²) in [5, 5.41) is 10.4. The van der Waals surface area contributed by atoms with Gasteiger partial charge in [0.1, 0.15) is 0 Å². The third-order valence-corrected chi connectivity index (χ3v) is 4.15. The third kappa shape index (κ3) is 3.04. The number of anilines is 1. The summed E-state index contributed by atoms with van der Waals surface area (Å²) in [7, 11) is 1.65. The molecule has 1 N–H and O–H groups in total. The van der Waals surface area contributed by atoms with E-state index in [9.17, 15) is 5.11 Å². The van der Waals surface area contributed by atoms with Gasteiger partial charge in [-0.05, 0) is 43.2 Å². The number of aromatic nitrogens is 2. The van der Waals surface area contributed by atoms with Crippen LogP contribution in [-0.4, -0.2) is 41.4 Å². The molecular formula is C17H21N3O2. The van der Waals surface area contributed by atoms with Gasteiger partial charge < -0.3 is 14.7 Å². The van der Waals surface area contributed by atoms with Crippen LogP contribution >= 0.6 is 0 Å². The Hall–Kier alpha value is -2.14. The Labute approximate surface area is 130 Å². The first kappa shape index (κ1) is 14.8. The molecule has 2 aromatic heterocycles. The summed E-state index contributed by atoms with van der Waals surface area (Å²) in [6.45, 7) is 3.32. The number of nitrogens with zero attached hydrogens (tertiary/aromatic N) is 3. The van der Waals surface area contributed by atoms with Crippen molar-refractivity contribution in [2.24, 2.45) is 5.92 Å². The fourth-order valence-corrected chi connectivity index (χ4v) is 2.97. The van der Waals surface area contributed by atoms with Crippen LogP contribution in [0, 0.1) is 12.8 Å². The van der Waals surface area contributed by atoms with E-state index in [2.05, 4.69) is 14.9 Å². The van der Waals surface area contributed by atoms with Crippen molar-refractivity contribution >= 4 is 5.82 Å². The highest BCUT2D eigenvalue weighted by Crippen LogP contribution is 2.31. The van der Waals surface area contributed by atoms with Gasteiger partial charge in [-0.15, -0.1) is 0 Å². The highest BCUT2D eigenvalue weighted by molar-refractivity contribution is 5.54. The molecule has 1 saturated heterocycles. The fourth-order valence-electron chi connectivity index (χ4n) is 2.97. The Kier molecular flexibility index (Phi) is 4.24. The van der Waals surface area contributed by atoms with E-state index < -0.39 is 0 Å². The first-order valence-electron chi connectivity index (χ1n) is 7.51. The monoisotopic (exact) mass is 299 g/mol. The van der Waals surface area contributed by atoms with Gasteiger partial charge in [0.25, 0.3) is 0 Å². The van der Waals surface area contributed by atoms with Gasteiger partial charge in [-0.3, -0.25) is 4.98 Å². The topological polar surface area (TPSA) is 58.5 Å². The van der Waals surface area contributed by atoms with Crippen LogP contribution in [0.15, 0.2) is 36.7 Å². The molecule has 3 rings (SSSR count). The van der Waals surface area contributed by atoms with Crippen LogP contribution in [0.1, 0.15) is 11.3 Å². The molecule has 2 atom stereocenters. The van der Waals surface area contributed by atoms with Gasteiger partial charge in [-0.25, -0.2) is 4.98 Å². The fraction of sp³-hybridized carbons (Fsp3) is 0.412. The zero-order valence-corrected chi connectivity index (χ0v) is 12.9. The van der Waals surface area contributed by atoms with E-state index in [1.165, 1.54) is 5.56 Å². The van der Waals surface area contributed by atoms with Gasteiger partial charge in [0.2, 0.25) is 0 Å². The standard InChI is InChI=1S/C17H21N3O2/c1-12-3-4-16(22-2)17(19-12)20-10-14(15(21)11-20)9-13-5-7-18-8-6-13/h3-8,14-15,21H,9-11H2,1-2H3/t14-,15-/m1/s1. The number of methoxy groups -OCH3 is 1. The Bertz CT molecular complexity index is 633. The molecule has 1 aliphatic heterocycles. The van der Waals surface area contributed by atoms with E-state index in [4.69, 9.17) is 4.74 Å². The summed E-state index contributed by atoms with van der Waals surface area (Å²) in [5.41, 5.74) is 2.15. The molecule has 2 aromatic rings. The molecule has 0 aliphatic carbocycles. The van der Waals surface area contributed by atoms with Crippen LogP contribution in [-0.2, 0) is 6.42 Å². The average molecular weight is 299 g/mol. The lowest BCUT2D eigenvalue weighted by molar-refractivity contribution is 0.148. The average Bonchev–Trinajstić information content (AvgIpc) is 2.89.